The summed E-state index contributed by atoms with van der Waals surface area (Å²) in [7, 11) is 0. The van der Waals surface area contributed by atoms with Gasteiger partial charge in [0.25, 0.3) is 6.16 Å². The minimum atomic E-state index is -1.46. The molecule has 0 aromatic carbocycles. The van der Waals surface area contributed by atoms with Crippen molar-refractivity contribution in [2.45, 2.75) is 12.8 Å². The van der Waals surface area contributed by atoms with Crippen LogP contribution in [0, 0.1) is 6.92 Å². The molecular weight excluding hydrogens is 131 g/mol. The van der Waals surface area contributed by atoms with Gasteiger partial charge in [-0.15, -0.1) is 0 Å². The van der Waals surface area contributed by atoms with E-state index in [4.69, 9.17) is 0 Å². The molecule has 3 nitrogen and oxygen atoms in total. The van der Waals surface area contributed by atoms with E-state index in [0.29, 0.717) is 12.8 Å². The molecule has 0 aliphatic heterocycles. The summed E-state index contributed by atoms with van der Waals surface area (Å²) in [5, 5.41) is 9.52. The first-order valence-electron chi connectivity index (χ1n) is 2.40. The van der Waals surface area contributed by atoms with Crippen molar-refractivity contribution in [1.82, 2.24) is 0 Å². The third-order valence-corrected chi connectivity index (χ3v) is 0.614. The SMILES string of the molecule is [CH2]CCCOC(=O)[O-].[Na+]. The van der Waals surface area contributed by atoms with Crippen LogP contribution in [0.25, 0.3) is 0 Å². The van der Waals surface area contributed by atoms with Crippen molar-refractivity contribution in [2.24, 2.45) is 0 Å². The molecular formula is C5H8NaO3. The Bertz CT molecular complexity index is 74.6. The van der Waals surface area contributed by atoms with Crippen molar-refractivity contribution in [3.8, 4) is 0 Å². The predicted octanol–water partition coefficient (Wildman–Crippen LogP) is -3.04. The van der Waals surface area contributed by atoms with Gasteiger partial charge in [-0.05, 0) is 6.42 Å². The molecule has 0 saturated heterocycles. The van der Waals surface area contributed by atoms with Gasteiger partial charge < -0.3 is 14.6 Å². The molecule has 0 aromatic heterocycles. The van der Waals surface area contributed by atoms with Crippen LogP contribution in [0.1, 0.15) is 12.8 Å². The van der Waals surface area contributed by atoms with E-state index in [9.17, 15) is 9.90 Å². The van der Waals surface area contributed by atoms with Crippen LogP contribution in [0.5, 0.6) is 0 Å². The van der Waals surface area contributed by atoms with Gasteiger partial charge in [0.15, 0.2) is 0 Å². The summed E-state index contributed by atoms with van der Waals surface area (Å²) in [6, 6.07) is 0. The fraction of sp³-hybridized carbons (Fsp3) is 0.600. The average molecular weight is 139 g/mol. The van der Waals surface area contributed by atoms with Gasteiger partial charge in [-0.1, -0.05) is 13.3 Å². The van der Waals surface area contributed by atoms with Crippen LogP contribution in [0.15, 0.2) is 0 Å². The van der Waals surface area contributed by atoms with Gasteiger partial charge in [0, 0.05) is 6.61 Å². The number of hydrogen-bond donors (Lipinski definition) is 0. The zero-order chi connectivity index (χ0) is 6.41. The minimum absolute atomic E-state index is 0. The molecule has 0 atom stereocenters. The second-order valence-electron chi connectivity index (χ2n) is 1.31. The quantitative estimate of drug-likeness (QED) is 0.237. The molecule has 47 valence electrons. The van der Waals surface area contributed by atoms with E-state index in [1.54, 1.807) is 0 Å². The number of hydrogen-bond acceptors (Lipinski definition) is 3. The van der Waals surface area contributed by atoms with Crippen LogP contribution >= 0.6 is 0 Å². The van der Waals surface area contributed by atoms with Gasteiger partial charge in [-0.25, -0.2) is 0 Å². The van der Waals surface area contributed by atoms with E-state index in [1.807, 2.05) is 0 Å². The second-order valence-corrected chi connectivity index (χ2v) is 1.31. The van der Waals surface area contributed by atoms with Gasteiger partial charge in [-0.3, -0.25) is 0 Å². The molecule has 0 saturated carbocycles. The summed E-state index contributed by atoms with van der Waals surface area (Å²) in [5.74, 6) is 0. The van der Waals surface area contributed by atoms with Gasteiger partial charge in [0.1, 0.15) is 0 Å². The molecule has 0 amide bonds. The Labute approximate surface area is 76.7 Å². The number of ether oxygens (including phenoxy) is 1. The number of rotatable bonds is 3. The molecule has 0 bridgehead atoms. The summed E-state index contributed by atoms with van der Waals surface area (Å²) in [6.07, 6.45) is -0.111. The molecule has 4 heteroatoms. The van der Waals surface area contributed by atoms with E-state index >= 15 is 0 Å². The van der Waals surface area contributed by atoms with Crippen molar-refractivity contribution in [2.75, 3.05) is 6.61 Å². The smallest absolute Gasteiger partial charge is 0.550 e. The average Bonchev–Trinajstić information content (AvgIpc) is 1.66. The molecule has 0 spiro atoms. The first-order valence-corrected chi connectivity index (χ1v) is 2.40. The summed E-state index contributed by atoms with van der Waals surface area (Å²) in [4.78, 5) is 9.52. The predicted molar refractivity (Wildman–Crippen MR) is 25.9 cm³/mol. The maximum absolute atomic E-state index is 9.52. The zero-order valence-electron chi connectivity index (χ0n) is 5.55. The zero-order valence-corrected chi connectivity index (χ0v) is 7.55. The summed E-state index contributed by atoms with van der Waals surface area (Å²) < 4.78 is 4.05. The minimum Gasteiger partial charge on any atom is -0.550 e. The Morgan fingerprint density at radius 1 is 1.67 bits per heavy atom. The van der Waals surface area contributed by atoms with Crippen LogP contribution in [0.2, 0.25) is 0 Å². The van der Waals surface area contributed by atoms with Crippen molar-refractivity contribution >= 4 is 6.16 Å². The number of carbonyl (C=O) groups excluding carboxylic acids is 1. The van der Waals surface area contributed by atoms with Crippen LogP contribution in [0.4, 0.5) is 4.79 Å². The normalized spacial score (nSPS) is 7.67. The Morgan fingerprint density at radius 2 is 2.22 bits per heavy atom. The number of carboxylic acid groups (broad SMARTS) is 1. The largest absolute Gasteiger partial charge is 1.00 e. The summed E-state index contributed by atoms with van der Waals surface area (Å²) >= 11 is 0. The topological polar surface area (TPSA) is 49.4 Å². The monoisotopic (exact) mass is 139 g/mol. The molecule has 0 fully saturated rings. The van der Waals surface area contributed by atoms with Gasteiger partial charge >= 0.3 is 29.6 Å². The van der Waals surface area contributed by atoms with E-state index in [1.165, 1.54) is 0 Å². The molecule has 0 rings (SSSR count). The Balaban J connectivity index is 0. The molecule has 0 aliphatic carbocycles. The molecule has 1 radical (unpaired) electrons. The summed E-state index contributed by atoms with van der Waals surface area (Å²) in [6.45, 7) is 3.69. The Kier molecular flexibility index (Phi) is 11.0. The van der Waals surface area contributed by atoms with Crippen LogP contribution < -0.4 is 34.7 Å². The molecule has 0 unspecified atom stereocenters. The maximum atomic E-state index is 9.52. The molecule has 0 aromatic rings. The van der Waals surface area contributed by atoms with Crippen molar-refractivity contribution < 1.29 is 44.2 Å². The van der Waals surface area contributed by atoms with Crippen molar-refractivity contribution in [3.05, 3.63) is 6.92 Å². The molecule has 0 N–H and O–H groups in total. The van der Waals surface area contributed by atoms with E-state index in [-0.39, 0.29) is 36.2 Å². The van der Waals surface area contributed by atoms with Crippen LogP contribution in [0.3, 0.4) is 0 Å². The van der Waals surface area contributed by atoms with Gasteiger partial charge in [0.2, 0.25) is 0 Å². The molecule has 9 heavy (non-hydrogen) atoms. The number of carbonyl (C=O) groups is 1. The van der Waals surface area contributed by atoms with Crippen molar-refractivity contribution in [3.63, 3.8) is 0 Å². The fourth-order valence-corrected chi connectivity index (χ4v) is 0.258. The maximum Gasteiger partial charge on any atom is 1.00 e. The molecule has 0 aliphatic rings. The van der Waals surface area contributed by atoms with E-state index in [2.05, 4.69) is 11.7 Å². The van der Waals surface area contributed by atoms with E-state index in [0.717, 1.165) is 0 Å². The molecule has 0 heterocycles. The Morgan fingerprint density at radius 3 is 2.56 bits per heavy atom. The van der Waals surface area contributed by atoms with Gasteiger partial charge in [-0.2, -0.15) is 0 Å². The third kappa shape index (κ3) is 11.7. The number of unbranched alkanes of at least 4 members (excludes halogenated alkanes) is 1. The standard InChI is InChI=1S/C5H9O3.Na/c1-2-3-4-8-5(6)7;/h1-4H2,(H,6,7);/q;+1/p-1. The van der Waals surface area contributed by atoms with Crippen LogP contribution in [-0.2, 0) is 4.74 Å². The fourth-order valence-electron chi connectivity index (χ4n) is 0.258. The van der Waals surface area contributed by atoms with Crippen LogP contribution in [-0.4, -0.2) is 12.8 Å². The van der Waals surface area contributed by atoms with Crippen molar-refractivity contribution in [1.29, 1.82) is 0 Å². The summed E-state index contributed by atoms with van der Waals surface area (Å²) in [5.41, 5.74) is 0. The first-order chi connectivity index (χ1) is 3.77. The third-order valence-electron chi connectivity index (χ3n) is 0.614. The second kappa shape index (κ2) is 8.27. The van der Waals surface area contributed by atoms with E-state index < -0.39 is 6.16 Å². The Hall–Kier alpha value is 0.270. The first kappa shape index (κ1) is 12.0. The van der Waals surface area contributed by atoms with Gasteiger partial charge in [0.05, 0.1) is 0 Å².